The fourth-order valence-corrected chi connectivity index (χ4v) is 8.02. The molecule has 3 aromatic rings. The number of para-hydroxylation sites is 1. The smallest absolute Gasteiger partial charge is 0.237 e. The number of carbonyl (C=O) groups excluding carboxylic acids is 3. The number of anilines is 1. The van der Waals surface area contributed by atoms with Gasteiger partial charge in [0.1, 0.15) is 0 Å². The molecule has 1 saturated heterocycles. The van der Waals surface area contributed by atoms with Gasteiger partial charge < -0.3 is 0 Å². The van der Waals surface area contributed by atoms with E-state index in [4.69, 9.17) is 0 Å². The Kier molecular flexibility index (Phi) is 12.0. The first-order valence-corrected chi connectivity index (χ1v) is 18.0. The van der Waals surface area contributed by atoms with Crippen molar-refractivity contribution in [2.45, 2.75) is 126 Å². The average Bonchev–Trinajstić information content (AvgIpc) is 3.50. The monoisotopic (exact) mass is 612 g/mol. The Bertz CT molecular complexity index is 1430. The van der Waals surface area contributed by atoms with E-state index in [2.05, 4.69) is 11.9 Å². The highest BCUT2D eigenvalue weighted by Crippen LogP contribution is 2.39. The van der Waals surface area contributed by atoms with E-state index in [-0.39, 0.29) is 35.2 Å². The van der Waals surface area contributed by atoms with Crippen molar-refractivity contribution >= 4 is 45.9 Å². The first-order valence-electron chi connectivity index (χ1n) is 17.1. The highest BCUT2D eigenvalue weighted by atomic mass is 32.2. The van der Waals surface area contributed by atoms with Crippen LogP contribution in [0.25, 0.3) is 10.9 Å². The van der Waals surface area contributed by atoms with Crippen LogP contribution in [-0.2, 0) is 16.0 Å². The van der Waals surface area contributed by atoms with Crippen LogP contribution in [0.3, 0.4) is 0 Å². The molecule has 2 amide bonds. The van der Waals surface area contributed by atoms with Crippen molar-refractivity contribution in [3.63, 3.8) is 0 Å². The number of nitrogens with zero attached hydrogens (tertiary/aromatic N) is 2. The number of fused-ring (bicyclic) bond motifs is 2. The minimum Gasteiger partial charge on any atom is -0.293 e. The van der Waals surface area contributed by atoms with Crippen molar-refractivity contribution in [1.82, 2.24) is 4.98 Å². The van der Waals surface area contributed by atoms with Gasteiger partial charge in [0, 0.05) is 34.4 Å². The van der Waals surface area contributed by atoms with Crippen LogP contribution in [0, 0.1) is 5.92 Å². The largest absolute Gasteiger partial charge is 0.293 e. The summed E-state index contributed by atoms with van der Waals surface area (Å²) in [7, 11) is 0. The van der Waals surface area contributed by atoms with E-state index >= 15 is 0 Å². The van der Waals surface area contributed by atoms with Gasteiger partial charge in [-0.2, -0.15) is 0 Å². The third-order valence-corrected chi connectivity index (χ3v) is 10.6. The quantitative estimate of drug-likeness (QED) is 0.106. The van der Waals surface area contributed by atoms with Gasteiger partial charge in [0.05, 0.1) is 16.5 Å². The standard InChI is InChI=1S/C38H48N2O3S/c1-2-3-4-5-6-7-8-9-10-11-12-13-14-15-18-30-26-35(41)40(38(30)43)31-23-22-29-25-34(37(42)32(29)27-31)44-33-21-16-19-28-20-17-24-39-36(28)33/h16-17,19-24,27,30,34H,2-15,18,25-26H2,1H3. The maximum atomic E-state index is 13.5. The summed E-state index contributed by atoms with van der Waals surface area (Å²) < 4.78 is 0. The van der Waals surface area contributed by atoms with Gasteiger partial charge in [0.2, 0.25) is 11.8 Å². The molecule has 2 aliphatic rings. The van der Waals surface area contributed by atoms with Gasteiger partial charge in [-0.1, -0.05) is 121 Å². The van der Waals surface area contributed by atoms with Gasteiger partial charge in [0.25, 0.3) is 0 Å². The number of thioether (sulfide) groups is 1. The van der Waals surface area contributed by atoms with Crippen LogP contribution in [0.15, 0.2) is 59.6 Å². The number of rotatable bonds is 18. The molecule has 1 aliphatic carbocycles. The molecule has 5 nitrogen and oxygen atoms in total. The number of pyridine rings is 1. The van der Waals surface area contributed by atoms with Gasteiger partial charge in [-0.25, -0.2) is 0 Å². The third-order valence-electron chi connectivity index (χ3n) is 9.33. The number of amides is 2. The Hall–Kier alpha value is -2.99. The summed E-state index contributed by atoms with van der Waals surface area (Å²) in [5, 5.41) is 0.809. The Morgan fingerprint density at radius 1 is 0.773 bits per heavy atom. The van der Waals surface area contributed by atoms with E-state index in [1.54, 1.807) is 24.0 Å². The van der Waals surface area contributed by atoms with Crippen LogP contribution in [0.4, 0.5) is 5.69 Å². The van der Waals surface area contributed by atoms with E-state index in [1.807, 2.05) is 42.5 Å². The maximum Gasteiger partial charge on any atom is 0.237 e. The molecule has 6 heteroatoms. The average molecular weight is 613 g/mol. The summed E-state index contributed by atoms with van der Waals surface area (Å²) >= 11 is 1.55. The summed E-state index contributed by atoms with van der Waals surface area (Å²) in [5.41, 5.74) is 3.04. The number of unbranched alkanes of at least 4 members (excludes halogenated alkanes) is 13. The lowest BCUT2D eigenvalue weighted by molar-refractivity contribution is -0.122. The number of hydrogen-bond acceptors (Lipinski definition) is 5. The molecule has 234 valence electrons. The summed E-state index contributed by atoms with van der Waals surface area (Å²) in [5.74, 6) is -0.449. The van der Waals surface area contributed by atoms with Gasteiger partial charge in [-0.15, -0.1) is 11.8 Å². The van der Waals surface area contributed by atoms with Crippen LogP contribution >= 0.6 is 11.8 Å². The lowest BCUT2D eigenvalue weighted by Crippen LogP contribution is -2.30. The van der Waals surface area contributed by atoms with E-state index in [9.17, 15) is 14.4 Å². The van der Waals surface area contributed by atoms with Crippen molar-refractivity contribution in [2.75, 3.05) is 4.90 Å². The van der Waals surface area contributed by atoms with Crippen LogP contribution in [-0.4, -0.2) is 27.8 Å². The second-order valence-corrected chi connectivity index (χ2v) is 13.9. The molecule has 2 heterocycles. The first-order chi connectivity index (χ1) is 21.6. The molecule has 1 aromatic heterocycles. The minimum atomic E-state index is -0.245. The molecule has 0 N–H and O–H groups in total. The SMILES string of the molecule is CCCCCCCCCCCCCCCCC1CC(=O)N(c2ccc3c(c2)C(=O)C(Sc2cccc4cccnc24)C3)C1=O. The van der Waals surface area contributed by atoms with Crippen LogP contribution in [0.2, 0.25) is 0 Å². The van der Waals surface area contributed by atoms with Crippen molar-refractivity contribution < 1.29 is 14.4 Å². The molecule has 2 aromatic carbocycles. The Labute approximate surface area is 267 Å². The fraction of sp³-hybridized carbons (Fsp3) is 0.526. The molecule has 2 atom stereocenters. The highest BCUT2D eigenvalue weighted by molar-refractivity contribution is 8.01. The molecule has 0 spiro atoms. The van der Waals surface area contributed by atoms with Crippen molar-refractivity contribution in [2.24, 2.45) is 5.92 Å². The number of aromatic nitrogens is 1. The minimum absolute atomic E-state index is 0.0536. The van der Waals surface area contributed by atoms with Crippen molar-refractivity contribution in [1.29, 1.82) is 0 Å². The molecule has 44 heavy (non-hydrogen) atoms. The molecule has 1 aliphatic heterocycles. The Balaban J connectivity index is 1.04. The number of Topliss-reactive ketones (excluding diaryl/α,β-unsaturated/α-hetero) is 1. The van der Waals surface area contributed by atoms with Crippen LogP contribution in [0.5, 0.6) is 0 Å². The number of benzene rings is 2. The Morgan fingerprint density at radius 2 is 1.43 bits per heavy atom. The summed E-state index contributed by atoms with van der Waals surface area (Å²) in [6.07, 6.45) is 21.7. The molecular weight excluding hydrogens is 564 g/mol. The van der Waals surface area contributed by atoms with Gasteiger partial charge >= 0.3 is 0 Å². The fourth-order valence-electron chi connectivity index (χ4n) is 6.77. The zero-order chi connectivity index (χ0) is 30.7. The van der Waals surface area contributed by atoms with Gasteiger partial charge in [-0.05, 0) is 42.7 Å². The predicted molar refractivity (Wildman–Crippen MR) is 181 cm³/mol. The lowest BCUT2D eigenvalue weighted by Gasteiger charge is -2.16. The molecule has 2 unspecified atom stereocenters. The number of hydrogen-bond donors (Lipinski definition) is 0. The third kappa shape index (κ3) is 8.18. The molecule has 0 saturated carbocycles. The summed E-state index contributed by atoms with van der Waals surface area (Å²) in [6, 6.07) is 15.5. The highest BCUT2D eigenvalue weighted by Gasteiger charge is 2.40. The number of ketones is 1. The van der Waals surface area contributed by atoms with Crippen LogP contribution < -0.4 is 4.90 Å². The Morgan fingerprint density at radius 3 is 2.14 bits per heavy atom. The second-order valence-electron chi connectivity index (χ2n) is 12.7. The predicted octanol–water partition coefficient (Wildman–Crippen LogP) is 9.89. The zero-order valence-corrected chi connectivity index (χ0v) is 27.2. The molecule has 0 bridgehead atoms. The first kappa shape index (κ1) is 32.4. The molecule has 5 rings (SSSR count). The molecular formula is C38H48N2O3S. The van der Waals surface area contributed by atoms with E-state index < -0.39 is 0 Å². The number of imide groups is 1. The van der Waals surface area contributed by atoms with Crippen molar-refractivity contribution in [3.8, 4) is 0 Å². The molecule has 1 fully saturated rings. The van der Waals surface area contributed by atoms with Crippen molar-refractivity contribution in [3.05, 3.63) is 65.9 Å². The zero-order valence-electron chi connectivity index (χ0n) is 26.4. The summed E-state index contributed by atoms with van der Waals surface area (Å²) in [6.45, 7) is 2.27. The van der Waals surface area contributed by atoms with Gasteiger partial charge in [0.15, 0.2) is 5.78 Å². The summed E-state index contributed by atoms with van der Waals surface area (Å²) in [4.78, 5) is 46.6. The van der Waals surface area contributed by atoms with E-state index in [0.717, 1.165) is 40.6 Å². The van der Waals surface area contributed by atoms with Crippen LogP contribution in [0.1, 0.15) is 126 Å². The molecule has 0 radical (unpaired) electrons. The second kappa shape index (κ2) is 16.4. The number of carbonyl (C=O) groups is 3. The maximum absolute atomic E-state index is 13.5. The lowest BCUT2D eigenvalue weighted by atomic mass is 9.98. The topological polar surface area (TPSA) is 67.3 Å². The van der Waals surface area contributed by atoms with E-state index in [1.165, 1.54) is 81.9 Å². The normalized spacial score (nSPS) is 18.1. The van der Waals surface area contributed by atoms with Gasteiger partial charge in [-0.3, -0.25) is 24.3 Å². The van der Waals surface area contributed by atoms with E-state index in [0.29, 0.717) is 17.7 Å².